The molecule has 0 heterocycles. The molecule has 9 heavy (non-hydrogen) atoms. The minimum Gasteiger partial charge on any atom is -0.780 e. The second-order valence-electron chi connectivity index (χ2n) is 0.960. The highest BCUT2D eigenvalue weighted by Crippen LogP contribution is 2.27. The lowest BCUT2D eigenvalue weighted by atomic mass is 11.2. The van der Waals surface area contributed by atoms with Gasteiger partial charge in [-0.25, -0.2) is 0 Å². The van der Waals surface area contributed by atoms with E-state index in [1.165, 1.54) is 0 Å². The Bertz CT molecular complexity index is 156. The van der Waals surface area contributed by atoms with Gasteiger partial charge >= 0.3 is 0 Å². The van der Waals surface area contributed by atoms with Crippen molar-refractivity contribution in [1.29, 1.82) is 0 Å². The third kappa shape index (κ3) is 8.65. The summed E-state index contributed by atoms with van der Waals surface area (Å²) in [6, 6.07) is 0. The van der Waals surface area contributed by atoms with Crippen LogP contribution in [0.25, 0.3) is 0 Å². The van der Waals surface area contributed by atoms with Gasteiger partial charge in [0.1, 0.15) is 14.1 Å². The van der Waals surface area contributed by atoms with Crippen molar-refractivity contribution in [1.82, 2.24) is 0 Å². The van der Waals surface area contributed by atoms with Gasteiger partial charge in [0, 0.05) is 0 Å². The molecule has 0 aromatic rings. The summed E-state index contributed by atoms with van der Waals surface area (Å²) in [7, 11) is -4.86. The molecular formula is C2HBr2O4P-2. The van der Waals surface area contributed by atoms with Gasteiger partial charge in [0.15, 0.2) is 0 Å². The minimum atomic E-state index is -4.86. The molecule has 0 N–H and O–H groups in total. The molecule has 0 rings (SSSR count). The molecule has 0 atom stereocenters. The average molecular weight is 280 g/mol. The van der Waals surface area contributed by atoms with E-state index in [0.29, 0.717) is 0 Å². The lowest BCUT2D eigenvalue weighted by Crippen LogP contribution is -2.14. The largest absolute Gasteiger partial charge is 0.780 e. The van der Waals surface area contributed by atoms with Crippen LogP contribution >= 0.6 is 39.7 Å². The van der Waals surface area contributed by atoms with Crippen molar-refractivity contribution < 1.29 is 18.9 Å². The third-order valence-electron chi connectivity index (χ3n) is 0.271. The fourth-order valence-corrected chi connectivity index (χ4v) is 0.815. The molecule has 0 aliphatic carbocycles. The molecule has 0 saturated heterocycles. The van der Waals surface area contributed by atoms with Crippen LogP contribution in [0.2, 0.25) is 0 Å². The first-order valence-corrected chi connectivity index (χ1v) is 4.68. The minimum absolute atomic E-state index is 0.252. The summed E-state index contributed by atoms with van der Waals surface area (Å²) in [6.45, 7) is 0. The van der Waals surface area contributed by atoms with E-state index in [9.17, 15) is 14.4 Å². The van der Waals surface area contributed by atoms with E-state index in [4.69, 9.17) is 0 Å². The van der Waals surface area contributed by atoms with E-state index in [-0.39, 0.29) is 3.39 Å². The van der Waals surface area contributed by atoms with Gasteiger partial charge in [-0.2, -0.15) is 0 Å². The summed E-state index contributed by atoms with van der Waals surface area (Å²) in [4.78, 5) is 19.4. The molecule has 0 spiro atoms. The highest BCUT2D eigenvalue weighted by atomic mass is 79.9. The second kappa shape index (κ2) is 3.73. The van der Waals surface area contributed by atoms with Gasteiger partial charge < -0.3 is 18.9 Å². The molecule has 0 aliphatic heterocycles. The SMILES string of the molecule is O=P([O-])([O-])OC=C(Br)Br. The summed E-state index contributed by atoms with van der Waals surface area (Å²) in [5.74, 6) is 0. The monoisotopic (exact) mass is 278 g/mol. The van der Waals surface area contributed by atoms with Crippen LogP contribution in [-0.2, 0) is 9.09 Å². The smallest absolute Gasteiger partial charge is 0.113 e. The van der Waals surface area contributed by atoms with Gasteiger partial charge in [-0.15, -0.1) is 0 Å². The quantitative estimate of drug-likeness (QED) is 0.542. The average Bonchev–Trinajstić information content (AvgIpc) is 1.59. The maximum atomic E-state index is 9.70. The molecule has 0 unspecified atom stereocenters. The Hall–Kier alpha value is 0.650. The Balaban J connectivity index is 3.79. The molecule has 7 heteroatoms. The van der Waals surface area contributed by atoms with Crippen LogP contribution in [0.4, 0.5) is 0 Å². The first kappa shape index (κ1) is 9.65. The van der Waals surface area contributed by atoms with Crippen LogP contribution in [0.5, 0.6) is 0 Å². The van der Waals surface area contributed by atoms with Crippen molar-refractivity contribution in [3.05, 3.63) is 9.65 Å². The molecule has 0 aromatic carbocycles. The van der Waals surface area contributed by atoms with Crippen LogP contribution in [0.1, 0.15) is 0 Å². The first-order chi connectivity index (χ1) is 3.92. The zero-order valence-electron chi connectivity index (χ0n) is 3.91. The molecular weight excluding hydrogens is 279 g/mol. The van der Waals surface area contributed by atoms with Crippen LogP contribution in [0, 0.1) is 0 Å². The Labute approximate surface area is 68.4 Å². The van der Waals surface area contributed by atoms with Crippen LogP contribution in [0.3, 0.4) is 0 Å². The second-order valence-corrected chi connectivity index (χ2v) is 4.84. The van der Waals surface area contributed by atoms with Gasteiger partial charge in [0.25, 0.3) is 0 Å². The number of phosphoric ester groups is 1. The number of halogens is 2. The fraction of sp³-hybridized carbons (Fsp3) is 0. The highest BCUT2D eigenvalue weighted by Gasteiger charge is 1.85. The van der Waals surface area contributed by atoms with Crippen LogP contribution < -0.4 is 9.79 Å². The van der Waals surface area contributed by atoms with E-state index in [2.05, 4.69) is 36.4 Å². The zero-order valence-corrected chi connectivity index (χ0v) is 7.98. The van der Waals surface area contributed by atoms with Crippen molar-refractivity contribution in [2.75, 3.05) is 0 Å². The molecule has 0 fully saturated rings. The maximum absolute atomic E-state index is 9.70. The predicted octanol–water partition coefficient (Wildman–Crippen LogP) is 0.420. The first-order valence-electron chi connectivity index (χ1n) is 1.63. The standard InChI is InChI=1S/C2H3Br2O4P/c3-2(4)1-8-9(5,6)7/h1H,(H2,5,6,7)/p-2. The molecule has 54 valence electrons. The number of phosphoric acid groups is 1. The van der Waals surface area contributed by atoms with Gasteiger partial charge in [-0.1, -0.05) is 0 Å². The fourth-order valence-electron chi connectivity index (χ4n) is 0.104. The topological polar surface area (TPSA) is 72.4 Å². The maximum Gasteiger partial charge on any atom is 0.113 e. The lowest BCUT2D eigenvalue weighted by molar-refractivity contribution is -0.337. The highest BCUT2D eigenvalue weighted by molar-refractivity contribution is 9.28. The van der Waals surface area contributed by atoms with Crippen molar-refractivity contribution in [2.24, 2.45) is 0 Å². The Morgan fingerprint density at radius 2 is 2.00 bits per heavy atom. The Kier molecular flexibility index (Phi) is 4.00. The summed E-state index contributed by atoms with van der Waals surface area (Å²) in [5.41, 5.74) is 0. The molecule has 0 amide bonds. The zero-order chi connectivity index (χ0) is 7.49. The van der Waals surface area contributed by atoms with E-state index in [0.717, 1.165) is 6.26 Å². The van der Waals surface area contributed by atoms with Gasteiger partial charge in [0.2, 0.25) is 0 Å². The van der Waals surface area contributed by atoms with Crippen LogP contribution in [0.15, 0.2) is 9.65 Å². The lowest BCUT2D eigenvalue weighted by Gasteiger charge is -2.26. The molecule has 0 aromatic heterocycles. The van der Waals surface area contributed by atoms with E-state index >= 15 is 0 Å². The summed E-state index contributed by atoms with van der Waals surface area (Å²) in [6.07, 6.45) is 0.737. The van der Waals surface area contributed by atoms with Gasteiger partial charge in [-0.3, -0.25) is 0 Å². The molecule has 0 bridgehead atoms. The van der Waals surface area contributed by atoms with Crippen molar-refractivity contribution in [3.8, 4) is 0 Å². The Morgan fingerprint density at radius 1 is 1.56 bits per heavy atom. The van der Waals surface area contributed by atoms with Crippen molar-refractivity contribution in [2.45, 2.75) is 0 Å². The molecule has 0 radical (unpaired) electrons. The number of hydrogen-bond donors (Lipinski definition) is 0. The summed E-state index contributed by atoms with van der Waals surface area (Å²) < 4.78 is 13.6. The van der Waals surface area contributed by atoms with Gasteiger partial charge in [-0.05, 0) is 31.9 Å². The van der Waals surface area contributed by atoms with Crippen molar-refractivity contribution in [3.63, 3.8) is 0 Å². The summed E-state index contributed by atoms with van der Waals surface area (Å²) >= 11 is 5.56. The van der Waals surface area contributed by atoms with E-state index < -0.39 is 7.82 Å². The Morgan fingerprint density at radius 3 is 2.11 bits per heavy atom. The molecule has 4 nitrogen and oxygen atoms in total. The van der Waals surface area contributed by atoms with E-state index in [1.807, 2.05) is 0 Å². The van der Waals surface area contributed by atoms with Gasteiger partial charge in [0.05, 0.1) is 3.39 Å². The molecule has 0 saturated carbocycles. The molecule has 0 aliphatic rings. The normalized spacial score (nSPS) is 10.7. The number of hydrogen-bond acceptors (Lipinski definition) is 4. The van der Waals surface area contributed by atoms with Crippen LogP contribution in [-0.4, -0.2) is 0 Å². The summed E-state index contributed by atoms with van der Waals surface area (Å²) in [5, 5.41) is 0. The third-order valence-corrected chi connectivity index (χ3v) is 1.01. The number of rotatable bonds is 2. The van der Waals surface area contributed by atoms with Crippen molar-refractivity contribution >= 4 is 39.7 Å². The van der Waals surface area contributed by atoms with E-state index in [1.54, 1.807) is 0 Å². The predicted molar refractivity (Wildman–Crippen MR) is 34.6 cm³/mol.